The number of nitrogens with one attached hydrogen (secondary N) is 1. The van der Waals surface area contributed by atoms with Crippen molar-refractivity contribution in [3.8, 4) is 11.3 Å². The van der Waals surface area contributed by atoms with Gasteiger partial charge in [-0.3, -0.25) is 9.59 Å². The van der Waals surface area contributed by atoms with Gasteiger partial charge in [0.25, 0.3) is 5.91 Å². The molecule has 41 heavy (non-hydrogen) atoms. The lowest BCUT2D eigenvalue weighted by atomic mass is 10.0. The number of alkyl halides is 3. The first-order chi connectivity index (χ1) is 19.6. The molecule has 0 radical (unpaired) electrons. The van der Waals surface area contributed by atoms with Gasteiger partial charge in [-0.05, 0) is 55.0 Å². The lowest BCUT2D eigenvalue weighted by Gasteiger charge is -2.18. The van der Waals surface area contributed by atoms with Crippen LogP contribution in [0.1, 0.15) is 34.8 Å². The zero-order chi connectivity index (χ0) is 28.9. The summed E-state index contributed by atoms with van der Waals surface area (Å²) < 4.78 is 40.9. The van der Waals surface area contributed by atoms with Gasteiger partial charge in [0.2, 0.25) is 5.91 Å². The number of carbonyl (C=O) groups is 2. The van der Waals surface area contributed by atoms with Crippen molar-refractivity contribution in [3.63, 3.8) is 0 Å². The number of nitrogens with two attached hydrogens (primary N) is 1. The molecule has 3 N–H and O–H groups in total. The Bertz CT molecular complexity index is 1650. The highest BCUT2D eigenvalue weighted by atomic mass is 19.4. The normalized spacial score (nSPS) is 20.3. The molecule has 0 spiro atoms. The Morgan fingerprint density at radius 1 is 1.05 bits per heavy atom. The number of nitrogens with zero attached hydrogens (tertiary/aromatic N) is 6. The topological polar surface area (TPSA) is 132 Å². The lowest BCUT2D eigenvalue weighted by Crippen LogP contribution is -2.28. The van der Waals surface area contributed by atoms with Gasteiger partial charge in [0, 0.05) is 30.4 Å². The van der Waals surface area contributed by atoms with E-state index in [0.717, 1.165) is 31.2 Å². The van der Waals surface area contributed by atoms with Crippen molar-refractivity contribution in [3.05, 3.63) is 72.7 Å². The second-order valence-corrected chi connectivity index (χ2v) is 10.3. The van der Waals surface area contributed by atoms with Gasteiger partial charge in [0.1, 0.15) is 23.7 Å². The third-order valence-corrected chi connectivity index (χ3v) is 7.83. The van der Waals surface area contributed by atoms with Crippen molar-refractivity contribution in [2.45, 2.75) is 25.1 Å². The molecule has 1 saturated carbocycles. The van der Waals surface area contributed by atoms with Gasteiger partial charge in [-0.15, -0.1) is 0 Å². The van der Waals surface area contributed by atoms with Gasteiger partial charge >= 0.3 is 6.18 Å². The fourth-order valence-electron chi connectivity index (χ4n) is 5.87. The van der Waals surface area contributed by atoms with Crippen molar-refractivity contribution >= 4 is 34.5 Å². The molecule has 1 aromatic carbocycles. The lowest BCUT2D eigenvalue weighted by molar-refractivity contribution is -0.137. The average molecular weight is 563 g/mol. The van der Waals surface area contributed by atoms with Crippen LogP contribution < -0.4 is 11.1 Å². The number of benzene rings is 1. The minimum Gasteiger partial charge on any atom is -0.383 e. The van der Waals surface area contributed by atoms with Crippen molar-refractivity contribution in [2.75, 3.05) is 24.1 Å². The van der Waals surface area contributed by atoms with Crippen LogP contribution in [0.2, 0.25) is 0 Å². The van der Waals surface area contributed by atoms with E-state index < -0.39 is 17.6 Å². The zero-order valence-electron chi connectivity index (χ0n) is 21.7. The monoisotopic (exact) mass is 562 g/mol. The number of hydrogen-bond acceptors (Lipinski definition) is 7. The van der Waals surface area contributed by atoms with Gasteiger partial charge in [-0.1, -0.05) is 18.7 Å². The fourth-order valence-corrected chi connectivity index (χ4v) is 5.87. The summed E-state index contributed by atoms with van der Waals surface area (Å²) in [5.74, 6) is 0.121. The molecule has 10 nitrogen and oxygen atoms in total. The number of hydrogen-bond donors (Lipinski definition) is 2. The summed E-state index contributed by atoms with van der Waals surface area (Å²) in [5.41, 5.74) is 7.42. The summed E-state index contributed by atoms with van der Waals surface area (Å²) in [5, 5.41) is 7.89. The molecule has 4 aromatic rings. The number of carbonyl (C=O) groups excluding carboxylic acids is 2. The zero-order valence-corrected chi connectivity index (χ0v) is 21.7. The summed E-state index contributed by atoms with van der Waals surface area (Å²) in [4.78, 5) is 39.1. The van der Waals surface area contributed by atoms with E-state index >= 15 is 0 Å². The number of anilines is 2. The van der Waals surface area contributed by atoms with E-state index in [0.29, 0.717) is 47.2 Å². The number of halogens is 3. The van der Waals surface area contributed by atoms with Crippen LogP contribution in [0.25, 0.3) is 22.3 Å². The predicted octanol–water partition coefficient (Wildman–Crippen LogP) is 4.34. The number of amides is 2. The number of aromatic nitrogens is 5. The molecule has 210 valence electrons. The van der Waals surface area contributed by atoms with E-state index in [1.54, 1.807) is 24.3 Å². The highest BCUT2D eigenvalue weighted by molar-refractivity contribution is 6.04. The summed E-state index contributed by atoms with van der Waals surface area (Å²) in [6.07, 6.45) is 0.869. The molecule has 1 aliphatic heterocycles. The van der Waals surface area contributed by atoms with Crippen LogP contribution in [0.15, 0.2) is 61.6 Å². The molecule has 4 heterocycles. The standard InChI is InChI=1S/C28H25F3N8O2/c1-2-22(40)38-12-17-9-20(10-18(17)13-38)39-26-23(25(32)34-14-35-26)24(37-39)15-3-5-16(6-4-15)27(41)36-21-11-19(7-8-33-21)28(29,30)31/h2-8,11,14,17-18,20H,1,9-10,12-13H2,(H2,32,34,35)(H,33,36,41). The van der Waals surface area contributed by atoms with Crippen molar-refractivity contribution < 1.29 is 22.8 Å². The molecule has 6 rings (SSSR count). The fraction of sp³-hybridized carbons (Fsp3) is 0.286. The van der Waals surface area contributed by atoms with E-state index in [-0.39, 0.29) is 29.1 Å². The van der Waals surface area contributed by atoms with Gasteiger partial charge in [-0.25, -0.2) is 19.6 Å². The Morgan fingerprint density at radius 3 is 2.41 bits per heavy atom. The number of likely N-dealkylation sites (tertiary alicyclic amines) is 1. The van der Waals surface area contributed by atoms with E-state index in [1.165, 1.54) is 12.4 Å². The van der Waals surface area contributed by atoms with E-state index in [2.05, 4.69) is 26.8 Å². The summed E-state index contributed by atoms with van der Waals surface area (Å²) in [6.45, 7) is 4.97. The van der Waals surface area contributed by atoms with E-state index in [1.807, 2.05) is 9.58 Å². The van der Waals surface area contributed by atoms with E-state index in [4.69, 9.17) is 10.8 Å². The minimum absolute atomic E-state index is 0.0495. The summed E-state index contributed by atoms with van der Waals surface area (Å²) in [6, 6.07) is 8.16. The first-order valence-electron chi connectivity index (χ1n) is 13.0. The number of fused-ring (bicyclic) bond motifs is 2. The molecule has 2 unspecified atom stereocenters. The van der Waals surface area contributed by atoms with Crippen molar-refractivity contribution in [1.29, 1.82) is 0 Å². The van der Waals surface area contributed by atoms with Crippen LogP contribution in [0.5, 0.6) is 0 Å². The Labute approximate surface area is 232 Å². The van der Waals surface area contributed by atoms with Crippen LogP contribution in [-0.2, 0) is 11.0 Å². The van der Waals surface area contributed by atoms with E-state index in [9.17, 15) is 22.8 Å². The first kappa shape index (κ1) is 26.4. The minimum atomic E-state index is -4.55. The molecular formula is C28H25F3N8O2. The molecule has 0 bridgehead atoms. The maximum absolute atomic E-state index is 13.0. The maximum atomic E-state index is 13.0. The Morgan fingerprint density at radius 2 is 1.76 bits per heavy atom. The van der Waals surface area contributed by atoms with Gasteiger partial charge in [-0.2, -0.15) is 18.3 Å². The van der Waals surface area contributed by atoms with Gasteiger partial charge in [0.15, 0.2) is 5.65 Å². The number of nitrogen functional groups attached to an aromatic ring is 1. The summed E-state index contributed by atoms with van der Waals surface area (Å²) >= 11 is 0. The van der Waals surface area contributed by atoms with Crippen LogP contribution in [0, 0.1) is 11.8 Å². The molecular weight excluding hydrogens is 537 g/mol. The predicted molar refractivity (Wildman–Crippen MR) is 144 cm³/mol. The Kier molecular flexibility index (Phi) is 6.43. The van der Waals surface area contributed by atoms with Crippen LogP contribution >= 0.6 is 0 Å². The SMILES string of the molecule is C=CC(=O)N1CC2CC(n3nc(-c4ccc(C(=O)Nc5cc(C(F)(F)F)ccn5)cc4)c4c(N)ncnc43)CC2C1. The van der Waals surface area contributed by atoms with Gasteiger partial charge in [0.05, 0.1) is 17.0 Å². The second-order valence-electron chi connectivity index (χ2n) is 10.3. The molecule has 3 aromatic heterocycles. The van der Waals surface area contributed by atoms with Crippen LogP contribution in [-0.4, -0.2) is 54.5 Å². The highest BCUT2D eigenvalue weighted by Gasteiger charge is 2.43. The van der Waals surface area contributed by atoms with Crippen molar-refractivity contribution in [1.82, 2.24) is 29.6 Å². The number of pyridine rings is 1. The summed E-state index contributed by atoms with van der Waals surface area (Å²) in [7, 11) is 0. The molecule has 1 aliphatic carbocycles. The molecule has 13 heteroatoms. The van der Waals surface area contributed by atoms with Gasteiger partial charge < -0.3 is 16.0 Å². The molecule has 2 atom stereocenters. The Balaban J connectivity index is 1.24. The average Bonchev–Trinajstić information content (AvgIpc) is 3.65. The van der Waals surface area contributed by atoms with Crippen LogP contribution in [0.3, 0.4) is 0 Å². The first-order valence-corrected chi connectivity index (χ1v) is 13.0. The van der Waals surface area contributed by atoms with Crippen LogP contribution in [0.4, 0.5) is 24.8 Å². The molecule has 2 aliphatic rings. The quantitative estimate of drug-likeness (QED) is 0.346. The van der Waals surface area contributed by atoms with Crippen molar-refractivity contribution in [2.24, 2.45) is 11.8 Å². The maximum Gasteiger partial charge on any atom is 0.416 e. The number of rotatable bonds is 5. The Hall–Kier alpha value is -4.81. The molecule has 2 fully saturated rings. The third-order valence-electron chi connectivity index (χ3n) is 7.83. The molecule has 1 saturated heterocycles. The smallest absolute Gasteiger partial charge is 0.383 e. The third kappa shape index (κ3) is 4.87. The highest BCUT2D eigenvalue weighted by Crippen LogP contribution is 2.45. The largest absolute Gasteiger partial charge is 0.416 e. The molecule has 2 amide bonds. The second kappa shape index (κ2) is 9.98.